The van der Waals surface area contributed by atoms with Crippen LogP contribution < -0.4 is 10.1 Å². The number of carbonyl (C=O) groups is 1. The summed E-state index contributed by atoms with van der Waals surface area (Å²) in [4.78, 5) is 26.0. The first-order valence-corrected chi connectivity index (χ1v) is 11.7. The molecule has 1 amide bonds. The Morgan fingerprint density at radius 3 is 2.82 bits per heavy atom. The smallest absolute Gasteiger partial charge is 0.249 e. The quantitative estimate of drug-likeness (QED) is 0.700. The van der Waals surface area contributed by atoms with Crippen LogP contribution in [0.15, 0.2) is 52.7 Å². The summed E-state index contributed by atoms with van der Waals surface area (Å²) in [6.07, 6.45) is 6.32. The predicted molar refractivity (Wildman–Crippen MR) is 133 cm³/mol. The molecule has 0 bridgehead atoms. The highest BCUT2D eigenvalue weighted by Gasteiger charge is 2.42. The fraction of sp³-hybridized carbons (Fsp3) is 0.440. The molecule has 0 aliphatic carbocycles. The number of likely N-dealkylation sites (N-methyl/N-ethyl adjacent to an activating group) is 1. The molecule has 2 aliphatic rings. The van der Waals surface area contributed by atoms with Gasteiger partial charge in [0.25, 0.3) is 0 Å². The topological polar surface area (TPSA) is 87.9 Å². The highest BCUT2D eigenvalue weighted by Crippen LogP contribution is 2.31. The van der Waals surface area contributed by atoms with Crippen LogP contribution in [0, 0.1) is 6.92 Å². The summed E-state index contributed by atoms with van der Waals surface area (Å²) in [5, 5.41) is 7.89. The lowest BCUT2D eigenvalue weighted by Crippen LogP contribution is -2.54. The molecule has 3 heterocycles. The van der Waals surface area contributed by atoms with Crippen molar-refractivity contribution < 1.29 is 9.53 Å². The highest BCUT2D eigenvalue weighted by atomic mass is 16.5. The van der Waals surface area contributed by atoms with E-state index in [0.29, 0.717) is 11.6 Å². The normalized spacial score (nSPS) is 21.2. The first-order valence-electron chi connectivity index (χ1n) is 11.7. The number of aryl methyl sites for hydroxylation is 1. The summed E-state index contributed by atoms with van der Waals surface area (Å²) in [7, 11) is 3.48. The van der Waals surface area contributed by atoms with Gasteiger partial charge in [0, 0.05) is 25.3 Å². The van der Waals surface area contributed by atoms with Crippen LogP contribution in [-0.2, 0) is 4.79 Å². The zero-order chi connectivity index (χ0) is 24.4. The highest BCUT2D eigenvalue weighted by molar-refractivity contribution is 6.08. The lowest BCUT2D eigenvalue weighted by atomic mass is 10.1. The maximum Gasteiger partial charge on any atom is 0.249 e. The lowest BCUT2D eigenvalue weighted by Gasteiger charge is -2.39. The van der Waals surface area contributed by atoms with Crippen molar-refractivity contribution in [3.05, 3.63) is 53.5 Å². The predicted octanol–water partition coefficient (Wildman–Crippen LogP) is 3.88. The van der Waals surface area contributed by atoms with Gasteiger partial charge in [-0.2, -0.15) is 5.10 Å². The largest absolute Gasteiger partial charge is 0.494 e. The molecule has 0 radical (unpaired) electrons. The number of allylic oxidation sites excluding steroid dienone is 2. The van der Waals surface area contributed by atoms with E-state index in [1.807, 2.05) is 45.2 Å². The Balaban J connectivity index is 1.71. The van der Waals surface area contributed by atoms with Crippen molar-refractivity contribution in [2.75, 3.05) is 26.0 Å². The third kappa shape index (κ3) is 4.30. The summed E-state index contributed by atoms with van der Waals surface area (Å²) >= 11 is 0. The molecule has 0 spiro atoms. The third-order valence-corrected chi connectivity index (χ3v) is 6.45. The number of nitrogens with one attached hydrogen (secondary N) is 1. The maximum atomic E-state index is 12.8. The van der Waals surface area contributed by atoms with E-state index < -0.39 is 0 Å². The van der Waals surface area contributed by atoms with Gasteiger partial charge in [-0.05, 0) is 57.7 Å². The Morgan fingerprint density at radius 1 is 1.38 bits per heavy atom. The number of benzene rings is 1. The molecule has 2 aliphatic heterocycles. The van der Waals surface area contributed by atoms with Gasteiger partial charge in [-0.25, -0.2) is 14.7 Å². The van der Waals surface area contributed by atoms with Crippen LogP contribution >= 0.6 is 0 Å². The summed E-state index contributed by atoms with van der Waals surface area (Å²) < 4.78 is 7.34. The van der Waals surface area contributed by atoms with Crippen molar-refractivity contribution in [1.29, 1.82) is 0 Å². The number of methoxy groups -OCH3 is 1. The molecular formula is C25H33N7O2. The number of hydrogen-bond acceptors (Lipinski definition) is 6. The number of aliphatic imine (C=N–C) groups is 1. The molecule has 2 fully saturated rings. The minimum Gasteiger partial charge on any atom is -0.494 e. The Hall–Kier alpha value is -3.62. The molecule has 9 nitrogen and oxygen atoms in total. The van der Waals surface area contributed by atoms with Crippen LogP contribution in [-0.4, -0.2) is 63.1 Å². The molecule has 1 atom stereocenters. The van der Waals surface area contributed by atoms with E-state index in [1.165, 1.54) is 0 Å². The molecule has 1 aromatic heterocycles. The molecular weight excluding hydrogens is 430 g/mol. The average Bonchev–Trinajstić information content (AvgIpc) is 3.50. The number of ether oxygens (including phenoxy) is 1. The number of amidine groups is 1. The second kappa shape index (κ2) is 9.70. The maximum absolute atomic E-state index is 12.8. The standard InChI is InChI=1S/C25H33N7O2/c1-7-16(3)23(28-24-19(8-2)30(5)25(33)21-10-9-13-31(21)24)27-18-11-12-20(22(14-18)34-6)32-15-26-17(4)29-32/h8,11-12,14-15,21,27H,7,9-10,13H2,1-6H3/b19-8+,23-16+,28-24+. The van der Waals surface area contributed by atoms with Crippen LogP contribution in [0.1, 0.15) is 45.9 Å². The van der Waals surface area contributed by atoms with Crippen LogP contribution in [0.25, 0.3) is 5.69 Å². The van der Waals surface area contributed by atoms with Crippen LogP contribution in [0.5, 0.6) is 5.75 Å². The second-order valence-corrected chi connectivity index (χ2v) is 8.59. The number of piperazine rings is 1. The van der Waals surface area contributed by atoms with Gasteiger partial charge in [0.2, 0.25) is 5.91 Å². The average molecular weight is 464 g/mol. The Morgan fingerprint density at radius 2 is 2.18 bits per heavy atom. The number of nitrogens with zero attached hydrogens (tertiary/aromatic N) is 6. The fourth-order valence-corrected chi connectivity index (χ4v) is 4.41. The van der Waals surface area contributed by atoms with Crippen molar-refractivity contribution in [2.24, 2.45) is 4.99 Å². The van der Waals surface area contributed by atoms with Crippen LogP contribution in [0.3, 0.4) is 0 Å². The molecule has 4 rings (SSSR count). The van der Waals surface area contributed by atoms with Gasteiger partial charge in [0.1, 0.15) is 35.5 Å². The van der Waals surface area contributed by atoms with Gasteiger partial charge in [-0.3, -0.25) is 4.79 Å². The minimum atomic E-state index is -0.138. The van der Waals surface area contributed by atoms with E-state index in [0.717, 1.165) is 60.1 Å². The summed E-state index contributed by atoms with van der Waals surface area (Å²) in [5.41, 5.74) is 3.61. The number of anilines is 1. The first kappa shape index (κ1) is 23.5. The molecule has 0 saturated carbocycles. The molecule has 9 heteroatoms. The van der Waals surface area contributed by atoms with Gasteiger partial charge in [0.15, 0.2) is 5.84 Å². The van der Waals surface area contributed by atoms with Gasteiger partial charge < -0.3 is 19.9 Å². The third-order valence-electron chi connectivity index (χ3n) is 6.45. The van der Waals surface area contributed by atoms with Crippen LogP contribution in [0.4, 0.5) is 5.69 Å². The first-order chi connectivity index (χ1) is 16.4. The van der Waals surface area contributed by atoms with Crippen molar-refractivity contribution in [3.63, 3.8) is 0 Å². The molecule has 2 aromatic rings. The molecule has 180 valence electrons. The van der Waals surface area contributed by atoms with Crippen molar-refractivity contribution >= 4 is 17.4 Å². The SMILES string of the molecule is C\C=C1/C(=N\C(Nc2ccc(-n3cnc(C)n3)c(OC)c2)=C(/C)CC)N2CCCC2C(=O)N1C. The van der Waals surface area contributed by atoms with E-state index in [2.05, 4.69) is 34.1 Å². The molecule has 1 aromatic carbocycles. The van der Waals surface area contributed by atoms with E-state index in [4.69, 9.17) is 9.73 Å². The van der Waals surface area contributed by atoms with Gasteiger partial charge >= 0.3 is 0 Å². The molecule has 1 N–H and O–H groups in total. The van der Waals surface area contributed by atoms with Gasteiger partial charge in [-0.1, -0.05) is 13.0 Å². The molecule has 1 unspecified atom stereocenters. The summed E-state index contributed by atoms with van der Waals surface area (Å²) in [5.74, 6) is 3.12. The fourth-order valence-electron chi connectivity index (χ4n) is 4.41. The van der Waals surface area contributed by atoms with E-state index in [-0.39, 0.29) is 11.9 Å². The monoisotopic (exact) mass is 463 g/mol. The molecule has 34 heavy (non-hydrogen) atoms. The Bertz CT molecular complexity index is 1180. The van der Waals surface area contributed by atoms with E-state index in [9.17, 15) is 4.79 Å². The number of amides is 1. The minimum absolute atomic E-state index is 0.138. The Labute approximate surface area is 200 Å². The second-order valence-electron chi connectivity index (χ2n) is 8.59. The van der Waals surface area contributed by atoms with Crippen molar-refractivity contribution in [3.8, 4) is 11.4 Å². The van der Waals surface area contributed by atoms with Gasteiger partial charge in [-0.15, -0.1) is 0 Å². The number of fused-ring (bicyclic) bond motifs is 1. The van der Waals surface area contributed by atoms with Crippen molar-refractivity contribution in [2.45, 2.75) is 53.0 Å². The van der Waals surface area contributed by atoms with E-state index in [1.54, 1.807) is 23.0 Å². The zero-order valence-corrected chi connectivity index (χ0v) is 20.8. The molecule has 2 saturated heterocycles. The lowest BCUT2D eigenvalue weighted by molar-refractivity contribution is -0.132. The van der Waals surface area contributed by atoms with Crippen molar-refractivity contribution in [1.82, 2.24) is 24.6 Å². The Kier molecular flexibility index (Phi) is 6.72. The van der Waals surface area contributed by atoms with E-state index >= 15 is 0 Å². The van der Waals surface area contributed by atoms with Crippen LogP contribution in [0.2, 0.25) is 0 Å². The number of hydrogen-bond donors (Lipinski definition) is 1. The number of rotatable bonds is 6. The zero-order valence-electron chi connectivity index (χ0n) is 20.8. The summed E-state index contributed by atoms with van der Waals surface area (Å²) in [6.45, 7) is 8.82. The number of aromatic nitrogens is 3. The number of carbonyl (C=O) groups excluding carboxylic acids is 1. The summed E-state index contributed by atoms with van der Waals surface area (Å²) in [6, 6.07) is 5.72. The van der Waals surface area contributed by atoms with Gasteiger partial charge in [0.05, 0.1) is 12.8 Å².